The minimum absolute atomic E-state index is 0.0286. The van der Waals surface area contributed by atoms with Gasteiger partial charge in [0.05, 0.1) is 24.3 Å². The van der Waals surface area contributed by atoms with Crippen molar-refractivity contribution in [2.45, 2.75) is 44.4 Å². The van der Waals surface area contributed by atoms with Crippen LogP contribution in [-0.4, -0.2) is 24.8 Å². The highest BCUT2D eigenvalue weighted by Gasteiger charge is 2.40. The van der Waals surface area contributed by atoms with Gasteiger partial charge in [-0.1, -0.05) is 0 Å². The number of nitrogens with zero attached hydrogens (tertiary/aromatic N) is 1. The van der Waals surface area contributed by atoms with Crippen LogP contribution in [0.4, 0.5) is 0 Å². The molecule has 4 atom stereocenters. The van der Waals surface area contributed by atoms with Crippen molar-refractivity contribution in [2.75, 3.05) is 6.54 Å². The van der Waals surface area contributed by atoms with Gasteiger partial charge in [0.1, 0.15) is 0 Å². The van der Waals surface area contributed by atoms with Crippen molar-refractivity contribution >= 4 is 0 Å². The van der Waals surface area contributed by atoms with Gasteiger partial charge < -0.3 is 10.1 Å². The Hall–Kier alpha value is -0.590. The summed E-state index contributed by atoms with van der Waals surface area (Å²) < 4.78 is 5.73. The summed E-state index contributed by atoms with van der Waals surface area (Å²) >= 11 is 0. The summed E-state index contributed by atoms with van der Waals surface area (Å²) in [5.74, 6) is 0.648. The highest BCUT2D eigenvalue weighted by atomic mass is 16.5. The predicted molar refractivity (Wildman–Crippen MR) is 49.1 cm³/mol. The number of ether oxygens (including phenoxy) is 1. The van der Waals surface area contributed by atoms with Gasteiger partial charge in [-0.05, 0) is 26.2 Å². The lowest BCUT2D eigenvalue weighted by Crippen LogP contribution is -2.34. The van der Waals surface area contributed by atoms with E-state index in [1.807, 2.05) is 6.92 Å². The van der Waals surface area contributed by atoms with Gasteiger partial charge in [0.25, 0.3) is 0 Å². The Bertz CT molecular complexity index is 223. The van der Waals surface area contributed by atoms with Gasteiger partial charge in [-0.3, -0.25) is 0 Å². The Morgan fingerprint density at radius 1 is 1.62 bits per heavy atom. The molecule has 0 aromatic rings. The lowest BCUT2D eigenvalue weighted by Gasteiger charge is -2.19. The highest BCUT2D eigenvalue weighted by molar-refractivity contribution is 4.92. The van der Waals surface area contributed by atoms with Crippen LogP contribution >= 0.6 is 0 Å². The van der Waals surface area contributed by atoms with E-state index >= 15 is 0 Å². The van der Waals surface area contributed by atoms with E-state index in [0.29, 0.717) is 18.1 Å². The van der Waals surface area contributed by atoms with Crippen LogP contribution in [0.3, 0.4) is 0 Å². The molecule has 0 aromatic heterocycles. The standard InChI is InChI=1S/C10H16N2O/c1-7(5-11)12-6-8-4-9-2-3-10(8)13-9/h7-10,12H,2-4,6H2,1H3. The normalized spacial score (nSPS) is 38.9. The molecule has 4 unspecified atom stereocenters. The average Bonchev–Trinajstić information content (AvgIpc) is 2.74. The average molecular weight is 180 g/mol. The summed E-state index contributed by atoms with van der Waals surface area (Å²) in [6.07, 6.45) is 4.65. The molecule has 3 nitrogen and oxygen atoms in total. The Morgan fingerprint density at radius 2 is 2.46 bits per heavy atom. The van der Waals surface area contributed by atoms with Crippen LogP contribution in [0, 0.1) is 17.2 Å². The first-order valence-corrected chi connectivity index (χ1v) is 5.08. The molecule has 2 aliphatic rings. The first kappa shape index (κ1) is 8.98. The quantitative estimate of drug-likeness (QED) is 0.706. The summed E-state index contributed by atoms with van der Waals surface area (Å²) in [5, 5.41) is 11.8. The first-order valence-electron chi connectivity index (χ1n) is 5.08. The molecule has 2 fully saturated rings. The zero-order chi connectivity index (χ0) is 9.26. The predicted octanol–water partition coefficient (Wildman–Crippen LogP) is 1.06. The summed E-state index contributed by atoms with van der Waals surface area (Å²) in [4.78, 5) is 0. The second kappa shape index (κ2) is 3.65. The third kappa shape index (κ3) is 1.84. The number of fused-ring (bicyclic) bond motifs is 2. The van der Waals surface area contributed by atoms with E-state index in [1.165, 1.54) is 19.3 Å². The van der Waals surface area contributed by atoms with Crippen molar-refractivity contribution in [3.8, 4) is 6.07 Å². The van der Waals surface area contributed by atoms with Gasteiger partial charge in [-0.25, -0.2) is 0 Å². The number of nitrogens with one attached hydrogen (secondary N) is 1. The fourth-order valence-corrected chi connectivity index (χ4v) is 2.33. The number of hydrogen-bond donors (Lipinski definition) is 1. The van der Waals surface area contributed by atoms with Gasteiger partial charge in [0.2, 0.25) is 0 Å². The van der Waals surface area contributed by atoms with Crippen molar-refractivity contribution < 1.29 is 4.74 Å². The lowest BCUT2D eigenvalue weighted by atomic mass is 9.89. The molecule has 0 spiro atoms. The van der Waals surface area contributed by atoms with E-state index in [0.717, 1.165) is 6.54 Å². The minimum Gasteiger partial charge on any atom is -0.375 e. The number of nitriles is 1. The first-order chi connectivity index (χ1) is 6.29. The van der Waals surface area contributed by atoms with E-state index in [9.17, 15) is 0 Å². The van der Waals surface area contributed by atoms with Crippen molar-refractivity contribution in [3.63, 3.8) is 0 Å². The molecule has 2 saturated heterocycles. The van der Waals surface area contributed by atoms with Gasteiger partial charge in [-0.15, -0.1) is 0 Å². The smallest absolute Gasteiger partial charge is 0.0924 e. The van der Waals surface area contributed by atoms with Crippen LogP contribution < -0.4 is 5.32 Å². The SMILES string of the molecule is CC(C#N)NCC1CC2CCC1O2. The molecule has 2 bridgehead atoms. The van der Waals surface area contributed by atoms with Crippen LogP contribution in [0.25, 0.3) is 0 Å². The van der Waals surface area contributed by atoms with Gasteiger partial charge >= 0.3 is 0 Å². The van der Waals surface area contributed by atoms with Crippen LogP contribution in [0.15, 0.2) is 0 Å². The third-order valence-electron chi connectivity index (χ3n) is 3.11. The molecule has 0 aliphatic carbocycles. The molecule has 2 heterocycles. The van der Waals surface area contributed by atoms with Crippen LogP contribution in [0.1, 0.15) is 26.2 Å². The van der Waals surface area contributed by atoms with E-state index in [-0.39, 0.29) is 6.04 Å². The molecule has 3 heteroatoms. The number of rotatable bonds is 3. The Kier molecular flexibility index (Phi) is 2.52. The lowest BCUT2D eigenvalue weighted by molar-refractivity contribution is 0.0923. The zero-order valence-electron chi connectivity index (χ0n) is 7.99. The molecular weight excluding hydrogens is 164 g/mol. The molecule has 0 saturated carbocycles. The fourth-order valence-electron chi connectivity index (χ4n) is 2.33. The van der Waals surface area contributed by atoms with E-state index in [1.54, 1.807) is 0 Å². The summed E-state index contributed by atoms with van der Waals surface area (Å²) in [6.45, 7) is 2.84. The topological polar surface area (TPSA) is 45.0 Å². The maximum Gasteiger partial charge on any atom is 0.0924 e. The maximum absolute atomic E-state index is 8.60. The van der Waals surface area contributed by atoms with Gasteiger partial charge in [0.15, 0.2) is 0 Å². The second-order valence-corrected chi connectivity index (χ2v) is 4.13. The van der Waals surface area contributed by atoms with Crippen LogP contribution in [0.2, 0.25) is 0 Å². The highest BCUT2D eigenvalue weighted by Crippen LogP contribution is 2.38. The van der Waals surface area contributed by atoms with E-state index in [4.69, 9.17) is 10.00 Å². The van der Waals surface area contributed by atoms with Crippen LogP contribution in [0.5, 0.6) is 0 Å². The molecule has 0 amide bonds. The maximum atomic E-state index is 8.60. The molecule has 13 heavy (non-hydrogen) atoms. The largest absolute Gasteiger partial charge is 0.375 e. The van der Waals surface area contributed by atoms with E-state index < -0.39 is 0 Å². The second-order valence-electron chi connectivity index (χ2n) is 4.13. The summed E-state index contributed by atoms with van der Waals surface area (Å²) in [7, 11) is 0. The molecule has 72 valence electrons. The van der Waals surface area contributed by atoms with Gasteiger partial charge in [-0.2, -0.15) is 5.26 Å². The zero-order valence-corrected chi connectivity index (χ0v) is 7.99. The number of hydrogen-bond acceptors (Lipinski definition) is 3. The molecule has 0 radical (unpaired) electrons. The third-order valence-corrected chi connectivity index (χ3v) is 3.11. The van der Waals surface area contributed by atoms with Crippen molar-refractivity contribution in [1.82, 2.24) is 5.32 Å². The Morgan fingerprint density at radius 3 is 3.00 bits per heavy atom. The van der Waals surface area contributed by atoms with Crippen LogP contribution in [-0.2, 0) is 4.74 Å². The molecule has 1 N–H and O–H groups in total. The monoisotopic (exact) mass is 180 g/mol. The fraction of sp³-hybridized carbons (Fsp3) is 0.900. The Labute approximate surface area is 79.1 Å². The van der Waals surface area contributed by atoms with Crippen molar-refractivity contribution in [3.05, 3.63) is 0 Å². The molecule has 0 aromatic carbocycles. The van der Waals surface area contributed by atoms with Crippen molar-refractivity contribution in [1.29, 1.82) is 5.26 Å². The van der Waals surface area contributed by atoms with Crippen molar-refractivity contribution in [2.24, 2.45) is 5.92 Å². The van der Waals surface area contributed by atoms with E-state index in [2.05, 4.69) is 11.4 Å². The Balaban J connectivity index is 1.75. The molecule has 2 rings (SSSR count). The summed E-state index contributed by atoms with van der Waals surface area (Å²) in [5.41, 5.74) is 0. The minimum atomic E-state index is -0.0286. The summed E-state index contributed by atoms with van der Waals surface area (Å²) in [6, 6.07) is 2.15. The molecule has 2 aliphatic heterocycles. The molecular formula is C10H16N2O. The van der Waals surface area contributed by atoms with Gasteiger partial charge in [0, 0.05) is 12.5 Å².